The molecule has 3 N–H and O–H groups in total. The Morgan fingerprint density at radius 1 is 1.21 bits per heavy atom. The Labute approximate surface area is 145 Å². The van der Waals surface area contributed by atoms with Gasteiger partial charge in [0.1, 0.15) is 11.6 Å². The number of nitrogens with two attached hydrogens (primary N) is 1. The molecular weight excluding hydrogens is 325 g/mol. The SMILES string of the molecule is COc1cccc(-c2c[nH]cc2S)c1.N#Cc1ccc(N)c(F)c1. The third-order valence-corrected chi connectivity index (χ3v) is 3.60. The minimum Gasteiger partial charge on any atom is -0.497 e. The van der Waals surface area contributed by atoms with E-state index in [0.29, 0.717) is 0 Å². The number of benzene rings is 2. The van der Waals surface area contributed by atoms with E-state index in [1.54, 1.807) is 13.2 Å². The number of hydrogen-bond donors (Lipinski definition) is 3. The number of hydrogen-bond acceptors (Lipinski definition) is 4. The second-order valence-corrected chi connectivity index (χ2v) is 5.32. The van der Waals surface area contributed by atoms with Gasteiger partial charge in [-0.1, -0.05) is 12.1 Å². The number of ether oxygens (including phenoxy) is 1. The van der Waals surface area contributed by atoms with Gasteiger partial charge in [-0.05, 0) is 35.9 Å². The smallest absolute Gasteiger partial charge is 0.147 e. The molecule has 2 aromatic carbocycles. The van der Waals surface area contributed by atoms with E-state index in [1.165, 1.54) is 12.1 Å². The molecule has 0 fully saturated rings. The first-order chi connectivity index (χ1) is 11.5. The number of methoxy groups -OCH3 is 1. The highest BCUT2D eigenvalue weighted by atomic mass is 32.1. The molecule has 0 aliphatic carbocycles. The monoisotopic (exact) mass is 341 g/mol. The number of anilines is 1. The fraction of sp³-hybridized carbons (Fsp3) is 0.0556. The number of halogens is 1. The second-order valence-electron chi connectivity index (χ2n) is 4.83. The molecule has 4 nitrogen and oxygen atoms in total. The highest BCUT2D eigenvalue weighted by Gasteiger charge is 2.03. The zero-order valence-corrected chi connectivity index (χ0v) is 13.8. The molecule has 24 heavy (non-hydrogen) atoms. The van der Waals surface area contributed by atoms with Gasteiger partial charge in [0.05, 0.1) is 24.4 Å². The number of nitrogen functional groups attached to an aromatic ring is 1. The van der Waals surface area contributed by atoms with E-state index in [0.717, 1.165) is 27.8 Å². The zero-order chi connectivity index (χ0) is 17.5. The molecule has 0 atom stereocenters. The van der Waals surface area contributed by atoms with Crippen molar-refractivity contribution in [2.75, 3.05) is 12.8 Å². The van der Waals surface area contributed by atoms with E-state index < -0.39 is 5.82 Å². The van der Waals surface area contributed by atoms with E-state index in [2.05, 4.69) is 17.6 Å². The predicted molar refractivity (Wildman–Crippen MR) is 95.6 cm³/mol. The molecule has 1 aromatic heterocycles. The van der Waals surface area contributed by atoms with Crippen molar-refractivity contribution in [1.29, 1.82) is 5.26 Å². The van der Waals surface area contributed by atoms with Gasteiger partial charge < -0.3 is 15.5 Å². The Hall–Kier alpha value is -2.91. The van der Waals surface area contributed by atoms with Crippen LogP contribution in [-0.4, -0.2) is 12.1 Å². The number of rotatable bonds is 2. The summed E-state index contributed by atoms with van der Waals surface area (Å²) in [5.41, 5.74) is 7.71. The number of thiol groups is 1. The van der Waals surface area contributed by atoms with E-state index in [4.69, 9.17) is 15.7 Å². The summed E-state index contributed by atoms with van der Waals surface area (Å²) in [5, 5.41) is 8.30. The van der Waals surface area contributed by atoms with Crippen LogP contribution in [0.3, 0.4) is 0 Å². The fourth-order valence-electron chi connectivity index (χ4n) is 1.97. The molecule has 0 aliphatic heterocycles. The van der Waals surface area contributed by atoms with E-state index in [9.17, 15) is 4.39 Å². The molecule has 122 valence electrons. The summed E-state index contributed by atoms with van der Waals surface area (Å²) >= 11 is 4.35. The van der Waals surface area contributed by atoms with Crippen molar-refractivity contribution in [2.24, 2.45) is 0 Å². The van der Waals surface area contributed by atoms with E-state index >= 15 is 0 Å². The summed E-state index contributed by atoms with van der Waals surface area (Å²) in [6, 6.07) is 13.7. The largest absolute Gasteiger partial charge is 0.497 e. The lowest BCUT2D eigenvalue weighted by atomic mass is 10.1. The van der Waals surface area contributed by atoms with Crippen LogP contribution in [0.15, 0.2) is 59.8 Å². The topological polar surface area (TPSA) is 74.8 Å². The molecule has 0 spiro atoms. The molecule has 0 bridgehead atoms. The van der Waals surface area contributed by atoms with Crippen LogP contribution in [0.5, 0.6) is 5.75 Å². The van der Waals surface area contributed by atoms with E-state index in [1.807, 2.05) is 36.7 Å². The van der Waals surface area contributed by atoms with Gasteiger partial charge in [-0.15, -0.1) is 12.6 Å². The number of H-pyrrole nitrogens is 1. The van der Waals surface area contributed by atoms with Crippen LogP contribution in [0, 0.1) is 17.1 Å². The molecule has 0 radical (unpaired) electrons. The Morgan fingerprint density at radius 3 is 2.58 bits per heavy atom. The maximum atomic E-state index is 12.5. The summed E-state index contributed by atoms with van der Waals surface area (Å²) in [7, 11) is 1.66. The van der Waals surface area contributed by atoms with Crippen LogP contribution in [0.1, 0.15) is 5.56 Å². The number of nitriles is 1. The van der Waals surface area contributed by atoms with Crippen molar-refractivity contribution in [1.82, 2.24) is 4.98 Å². The number of aromatic amines is 1. The minimum atomic E-state index is -0.543. The molecule has 1 heterocycles. The van der Waals surface area contributed by atoms with Crippen molar-refractivity contribution < 1.29 is 9.13 Å². The van der Waals surface area contributed by atoms with Crippen LogP contribution < -0.4 is 10.5 Å². The number of aromatic nitrogens is 1. The van der Waals surface area contributed by atoms with Crippen LogP contribution in [-0.2, 0) is 0 Å². The zero-order valence-electron chi connectivity index (χ0n) is 13.0. The van der Waals surface area contributed by atoms with Gasteiger partial charge >= 0.3 is 0 Å². The van der Waals surface area contributed by atoms with Crippen LogP contribution in [0.2, 0.25) is 0 Å². The Morgan fingerprint density at radius 2 is 2.00 bits per heavy atom. The molecular formula is C18H16FN3OS. The van der Waals surface area contributed by atoms with Crippen molar-refractivity contribution in [3.8, 4) is 22.9 Å². The van der Waals surface area contributed by atoms with Gasteiger partial charge in [0, 0.05) is 22.9 Å². The molecule has 0 unspecified atom stereocenters. The maximum absolute atomic E-state index is 12.5. The van der Waals surface area contributed by atoms with Gasteiger partial charge in [0.25, 0.3) is 0 Å². The van der Waals surface area contributed by atoms with Crippen molar-refractivity contribution >= 4 is 18.3 Å². The van der Waals surface area contributed by atoms with Gasteiger partial charge in [0.2, 0.25) is 0 Å². The average Bonchev–Trinajstić information content (AvgIpc) is 3.04. The van der Waals surface area contributed by atoms with Crippen LogP contribution in [0.25, 0.3) is 11.1 Å². The Bertz CT molecular complexity index is 871. The van der Waals surface area contributed by atoms with Gasteiger partial charge in [-0.2, -0.15) is 5.26 Å². The summed E-state index contributed by atoms with van der Waals surface area (Å²) < 4.78 is 17.6. The van der Waals surface area contributed by atoms with Gasteiger partial charge in [-0.25, -0.2) is 4.39 Å². The van der Waals surface area contributed by atoms with Crippen LogP contribution in [0.4, 0.5) is 10.1 Å². The lowest BCUT2D eigenvalue weighted by molar-refractivity contribution is 0.415. The maximum Gasteiger partial charge on any atom is 0.147 e. The molecule has 3 rings (SSSR count). The molecule has 0 saturated heterocycles. The Balaban J connectivity index is 0.000000185. The quantitative estimate of drug-likeness (QED) is 0.481. The normalized spacial score (nSPS) is 9.58. The van der Waals surface area contributed by atoms with E-state index in [-0.39, 0.29) is 11.3 Å². The minimum absolute atomic E-state index is 0.0685. The summed E-state index contributed by atoms with van der Waals surface area (Å²) in [5.74, 6) is 0.315. The van der Waals surface area contributed by atoms with Gasteiger partial charge in [0.15, 0.2) is 0 Å². The average molecular weight is 341 g/mol. The number of nitrogens with one attached hydrogen (secondary N) is 1. The fourth-order valence-corrected chi connectivity index (χ4v) is 2.24. The molecule has 0 amide bonds. The summed E-state index contributed by atoms with van der Waals surface area (Å²) in [6.45, 7) is 0. The van der Waals surface area contributed by atoms with Crippen molar-refractivity contribution in [2.45, 2.75) is 4.90 Å². The summed E-state index contributed by atoms with van der Waals surface area (Å²) in [4.78, 5) is 3.96. The second kappa shape index (κ2) is 8.09. The third kappa shape index (κ3) is 4.31. The summed E-state index contributed by atoms with van der Waals surface area (Å²) in [6.07, 6.45) is 3.79. The molecule has 6 heteroatoms. The van der Waals surface area contributed by atoms with Crippen LogP contribution >= 0.6 is 12.6 Å². The third-order valence-electron chi connectivity index (χ3n) is 3.23. The van der Waals surface area contributed by atoms with Crippen molar-refractivity contribution in [3.05, 3.63) is 66.2 Å². The van der Waals surface area contributed by atoms with Crippen molar-refractivity contribution in [3.63, 3.8) is 0 Å². The lowest BCUT2D eigenvalue weighted by Gasteiger charge is -2.03. The highest BCUT2D eigenvalue weighted by molar-refractivity contribution is 7.80. The highest BCUT2D eigenvalue weighted by Crippen LogP contribution is 2.28. The molecule has 3 aromatic rings. The first-order valence-electron chi connectivity index (χ1n) is 7.00. The standard InChI is InChI=1S/C11H11NOS.C7H5FN2/c1-13-9-4-2-3-8(5-9)10-6-12-7-11(10)14;8-6-3-5(4-9)1-2-7(6)10/h2-7,12,14H,1H3;1-3H,10H2. The predicted octanol–water partition coefficient (Wildman–Crippen LogP) is 4.26. The molecule has 0 aliphatic rings. The van der Waals surface area contributed by atoms with Gasteiger partial charge in [-0.3, -0.25) is 0 Å². The Kier molecular flexibility index (Phi) is 5.88. The lowest BCUT2D eigenvalue weighted by Crippen LogP contribution is -1.89. The molecule has 0 saturated carbocycles. The number of nitrogens with zero attached hydrogens (tertiary/aromatic N) is 1. The first-order valence-corrected chi connectivity index (χ1v) is 7.45. The first kappa shape index (κ1) is 17.4.